The molecule has 1 aromatic heterocycles. The number of hydrogen-bond acceptors (Lipinski definition) is 3. The normalized spacial score (nSPS) is 12.7. The zero-order valence-corrected chi connectivity index (χ0v) is 9.09. The smallest absolute Gasteiger partial charge is 0.133 e. The summed E-state index contributed by atoms with van der Waals surface area (Å²) in [5.74, 6) is -0.247. The summed E-state index contributed by atoms with van der Waals surface area (Å²) in [6.45, 7) is 1.89. The van der Waals surface area contributed by atoms with Gasteiger partial charge >= 0.3 is 0 Å². The predicted octanol–water partition coefficient (Wildman–Crippen LogP) is 2.97. The minimum Gasteiger partial charge on any atom is -0.323 e. The van der Waals surface area contributed by atoms with Gasteiger partial charge in [0.2, 0.25) is 0 Å². The van der Waals surface area contributed by atoms with Crippen LogP contribution < -0.4 is 5.73 Å². The highest BCUT2D eigenvalue weighted by molar-refractivity contribution is 7.15. The van der Waals surface area contributed by atoms with Gasteiger partial charge in [-0.15, -0.1) is 11.3 Å². The molecule has 1 aromatic carbocycles. The lowest BCUT2D eigenvalue weighted by atomic mass is 10.2. The highest BCUT2D eigenvalue weighted by atomic mass is 32.1. The van der Waals surface area contributed by atoms with E-state index in [0.29, 0.717) is 10.6 Å². The summed E-state index contributed by atoms with van der Waals surface area (Å²) in [4.78, 5) is 5.13. The highest BCUT2D eigenvalue weighted by Crippen LogP contribution is 2.29. The largest absolute Gasteiger partial charge is 0.323 e. The van der Waals surface area contributed by atoms with Gasteiger partial charge in [0.1, 0.15) is 10.8 Å². The number of nitrogens with zero attached hydrogens (tertiary/aromatic N) is 1. The quantitative estimate of drug-likeness (QED) is 0.848. The van der Waals surface area contributed by atoms with Crippen LogP contribution in [0.3, 0.4) is 0 Å². The van der Waals surface area contributed by atoms with Crippen molar-refractivity contribution in [2.24, 2.45) is 5.73 Å². The van der Waals surface area contributed by atoms with Crippen LogP contribution in [0.25, 0.3) is 10.6 Å². The van der Waals surface area contributed by atoms with E-state index >= 15 is 0 Å². The predicted molar refractivity (Wildman–Crippen MR) is 60.1 cm³/mol. The maximum Gasteiger partial charge on any atom is 0.133 e. The number of hydrogen-bond donors (Lipinski definition) is 1. The van der Waals surface area contributed by atoms with Crippen LogP contribution in [0.5, 0.6) is 0 Å². The molecule has 4 heteroatoms. The van der Waals surface area contributed by atoms with E-state index in [9.17, 15) is 4.39 Å². The molecule has 0 bridgehead atoms. The molecule has 0 aliphatic rings. The molecule has 1 atom stereocenters. The topological polar surface area (TPSA) is 38.9 Å². The summed E-state index contributed by atoms with van der Waals surface area (Å²) < 4.78 is 13.4. The molecule has 2 N–H and O–H groups in total. The molecule has 0 radical (unpaired) electrons. The van der Waals surface area contributed by atoms with E-state index in [0.717, 1.165) is 4.88 Å². The molecule has 2 aromatic rings. The molecular formula is C11H11FN2S. The van der Waals surface area contributed by atoms with Crippen LogP contribution in [-0.2, 0) is 0 Å². The molecule has 78 valence electrons. The Labute approximate surface area is 91.6 Å². The molecule has 0 amide bonds. The van der Waals surface area contributed by atoms with Crippen molar-refractivity contribution in [3.63, 3.8) is 0 Å². The first-order valence-electron chi connectivity index (χ1n) is 4.64. The maximum absolute atomic E-state index is 13.4. The summed E-state index contributed by atoms with van der Waals surface area (Å²) in [6, 6.07) is 6.56. The average Bonchev–Trinajstić information content (AvgIpc) is 2.67. The Balaban J connectivity index is 2.42. The fourth-order valence-electron chi connectivity index (χ4n) is 1.26. The first kappa shape index (κ1) is 10.3. The lowest BCUT2D eigenvalue weighted by Crippen LogP contribution is -2.01. The molecule has 0 aliphatic heterocycles. The van der Waals surface area contributed by atoms with Gasteiger partial charge in [0.05, 0.1) is 0 Å². The minimum absolute atomic E-state index is 0.0528. The Morgan fingerprint density at radius 2 is 2.13 bits per heavy atom. The summed E-state index contributed by atoms with van der Waals surface area (Å²) in [5, 5.41) is 0.681. The molecule has 0 saturated heterocycles. The van der Waals surface area contributed by atoms with Gasteiger partial charge in [-0.1, -0.05) is 12.1 Å². The van der Waals surface area contributed by atoms with Crippen LogP contribution >= 0.6 is 11.3 Å². The van der Waals surface area contributed by atoms with E-state index in [4.69, 9.17) is 5.73 Å². The van der Waals surface area contributed by atoms with Crippen molar-refractivity contribution < 1.29 is 4.39 Å². The zero-order valence-electron chi connectivity index (χ0n) is 8.27. The van der Waals surface area contributed by atoms with Crippen LogP contribution in [0.1, 0.15) is 17.8 Å². The van der Waals surface area contributed by atoms with Gasteiger partial charge in [-0.25, -0.2) is 9.37 Å². The number of halogens is 1. The Morgan fingerprint density at radius 3 is 2.73 bits per heavy atom. The van der Waals surface area contributed by atoms with Crippen molar-refractivity contribution in [3.8, 4) is 10.6 Å². The average molecular weight is 222 g/mol. The first-order valence-corrected chi connectivity index (χ1v) is 5.46. The van der Waals surface area contributed by atoms with Gasteiger partial charge in [-0.2, -0.15) is 0 Å². The second kappa shape index (κ2) is 4.08. The number of thiazole rings is 1. The second-order valence-corrected chi connectivity index (χ2v) is 4.40. The van der Waals surface area contributed by atoms with Crippen molar-refractivity contribution >= 4 is 11.3 Å². The monoisotopic (exact) mass is 222 g/mol. The Morgan fingerprint density at radius 1 is 1.40 bits per heavy atom. The van der Waals surface area contributed by atoms with E-state index in [2.05, 4.69) is 4.98 Å². The van der Waals surface area contributed by atoms with Crippen molar-refractivity contribution in [1.82, 2.24) is 4.98 Å². The van der Waals surface area contributed by atoms with Crippen LogP contribution in [0.2, 0.25) is 0 Å². The molecule has 0 saturated carbocycles. The fourth-order valence-corrected chi connectivity index (χ4v) is 2.15. The number of rotatable bonds is 2. The van der Waals surface area contributed by atoms with E-state index < -0.39 is 0 Å². The number of benzene rings is 1. The Kier molecular flexibility index (Phi) is 2.79. The SMILES string of the molecule is CC(N)c1cnc(-c2ccccc2F)s1. The van der Waals surface area contributed by atoms with E-state index in [1.807, 2.05) is 6.92 Å². The third-order valence-corrected chi connectivity index (χ3v) is 3.31. The zero-order chi connectivity index (χ0) is 10.8. The van der Waals surface area contributed by atoms with Crippen molar-refractivity contribution in [3.05, 3.63) is 41.2 Å². The van der Waals surface area contributed by atoms with Crippen molar-refractivity contribution in [1.29, 1.82) is 0 Å². The summed E-state index contributed by atoms with van der Waals surface area (Å²) in [6.07, 6.45) is 1.71. The molecule has 15 heavy (non-hydrogen) atoms. The second-order valence-electron chi connectivity index (χ2n) is 3.34. The number of aromatic nitrogens is 1. The van der Waals surface area contributed by atoms with Gasteiger partial charge in [0, 0.05) is 22.7 Å². The molecule has 2 nitrogen and oxygen atoms in total. The molecular weight excluding hydrogens is 211 g/mol. The van der Waals surface area contributed by atoms with E-state index in [1.54, 1.807) is 24.4 Å². The first-order chi connectivity index (χ1) is 7.18. The standard InChI is InChI=1S/C11H11FN2S/c1-7(13)10-6-14-11(15-10)8-4-2-3-5-9(8)12/h2-7H,13H2,1H3. The molecule has 0 fully saturated rings. The molecule has 0 spiro atoms. The van der Waals surface area contributed by atoms with Crippen LogP contribution in [0, 0.1) is 5.82 Å². The minimum atomic E-state index is -0.247. The van der Waals surface area contributed by atoms with Gasteiger partial charge in [-0.05, 0) is 19.1 Å². The van der Waals surface area contributed by atoms with Crippen molar-refractivity contribution in [2.45, 2.75) is 13.0 Å². The van der Waals surface area contributed by atoms with Gasteiger partial charge in [0.25, 0.3) is 0 Å². The van der Waals surface area contributed by atoms with Crippen LogP contribution in [0.4, 0.5) is 4.39 Å². The Bertz CT molecular complexity index is 465. The third kappa shape index (κ3) is 2.06. The molecule has 2 rings (SSSR count). The summed E-state index contributed by atoms with van der Waals surface area (Å²) in [7, 11) is 0. The van der Waals surface area contributed by atoms with Crippen molar-refractivity contribution in [2.75, 3.05) is 0 Å². The van der Waals surface area contributed by atoms with Gasteiger partial charge < -0.3 is 5.73 Å². The van der Waals surface area contributed by atoms with Gasteiger partial charge in [0.15, 0.2) is 0 Å². The van der Waals surface area contributed by atoms with Gasteiger partial charge in [-0.3, -0.25) is 0 Å². The summed E-state index contributed by atoms with van der Waals surface area (Å²) in [5.41, 5.74) is 6.26. The van der Waals surface area contributed by atoms with E-state index in [-0.39, 0.29) is 11.9 Å². The summed E-state index contributed by atoms with van der Waals surface area (Å²) >= 11 is 1.43. The maximum atomic E-state index is 13.4. The van der Waals surface area contributed by atoms with E-state index in [1.165, 1.54) is 17.4 Å². The Hall–Kier alpha value is -1.26. The lowest BCUT2D eigenvalue weighted by Gasteiger charge is -1.98. The lowest BCUT2D eigenvalue weighted by molar-refractivity contribution is 0.631. The van der Waals surface area contributed by atoms with Crippen LogP contribution in [0.15, 0.2) is 30.5 Å². The molecule has 1 unspecified atom stereocenters. The third-order valence-electron chi connectivity index (χ3n) is 2.08. The molecule has 0 aliphatic carbocycles. The molecule has 1 heterocycles. The highest BCUT2D eigenvalue weighted by Gasteiger charge is 2.10. The van der Waals surface area contributed by atoms with Crippen LogP contribution in [-0.4, -0.2) is 4.98 Å². The fraction of sp³-hybridized carbons (Fsp3) is 0.182. The number of nitrogens with two attached hydrogens (primary N) is 1.